The first-order valence-electron chi connectivity index (χ1n) is 4.98. The first kappa shape index (κ1) is 13.2. The summed E-state index contributed by atoms with van der Waals surface area (Å²) in [6.45, 7) is 3.86. The summed E-state index contributed by atoms with van der Waals surface area (Å²) >= 11 is 5.50. The van der Waals surface area contributed by atoms with Crippen molar-refractivity contribution in [2.24, 2.45) is 0 Å². The van der Waals surface area contributed by atoms with E-state index < -0.39 is 11.7 Å². The zero-order valence-electron chi connectivity index (χ0n) is 9.03. The normalized spacial score (nSPS) is 13.6. The van der Waals surface area contributed by atoms with Crippen molar-refractivity contribution in [2.45, 2.75) is 32.5 Å². The fraction of sp³-hybridized carbons (Fsp3) is 0.455. The van der Waals surface area contributed by atoms with Crippen molar-refractivity contribution in [3.63, 3.8) is 0 Å². The minimum absolute atomic E-state index is 0.127. The molecule has 1 unspecified atom stereocenters. The maximum atomic E-state index is 12.5. The highest BCUT2D eigenvalue weighted by Gasteiger charge is 2.33. The van der Waals surface area contributed by atoms with E-state index in [1.54, 1.807) is 6.07 Å². The zero-order chi connectivity index (χ0) is 12.3. The standard InChI is InChI=1S/C11H13ClF3N/c1-3-7(2)16-8-4-5-10(12)9(6-8)11(13,14)15/h4-7,16H,3H2,1-2H3. The van der Waals surface area contributed by atoms with Gasteiger partial charge >= 0.3 is 6.18 Å². The summed E-state index contributed by atoms with van der Waals surface area (Å²) in [4.78, 5) is 0. The molecule has 0 aromatic heterocycles. The number of hydrogen-bond donors (Lipinski definition) is 1. The van der Waals surface area contributed by atoms with E-state index in [0.717, 1.165) is 12.5 Å². The van der Waals surface area contributed by atoms with Crippen LogP contribution in [0.4, 0.5) is 18.9 Å². The molecule has 1 atom stereocenters. The fourth-order valence-electron chi connectivity index (χ4n) is 1.22. The summed E-state index contributed by atoms with van der Waals surface area (Å²) in [5.41, 5.74) is -0.367. The molecule has 1 aromatic rings. The van der Waals surface area contributed by atoms with Gasteiger partial charge in [-0.3, -0.25) is 0 Å². The molecule has 0 bridgehead atoms. The van der Waals surface area contributed by atoms with Crippen molar-refractivity contribution < 1.29 is 13.2 Å². The average molecular weight is 252 g/mol. The lowest BCUT2D eigenvalue weighted by molar-refractivity contribution is -0.137. The summed E-state index contributed by atoms with van der Waals surface area (Å²) in [6.07, 6.45) is -3.58. The maximum Gasteiger partial charge on any atom is 0.417 e. The second-order valence-corrected chi connectivity index (χ2v) is 4.05. The summed E-state index contributed by atoms with van der Waals surface area (Å²) in [6, 6.07) is 3.97. The topological polar surface area (TPSA) is 12.0 Å². The Hall–Kier alpha value is -0.900. The molecule has 90 valence electrons. The van der Waals surface area contributed by atoms with Crippen LogP contribution >= 0.6 is 11.6 Å². The first-order valence-corrected chi connectivity index (χ1v) is 5.35. The number of benzene rings is 1. The van der Waals surface area contributed by atoms with Crippen molar-refractivity contribution in [3.05, 3.63) is 28.8 Å². The van der Waals surface area contributed by atoms with Gasteiger partial charge in [-0.2, -0.15) is 13.2 Å². The molecule has 16 heavy (non-hydrogen) atoms. The molecule has 0 radical (unpaired) electrons. The second kappa shape index (κ2) is 4.95. The van der Waals surface area contributed by atoms with E-state index in [1.165, 1.54) is 6.07 Å². The van der Waals surface area contributed by atoms with Gasteiger partial charge in [0.2, 0.25) is 0 Å². The quantitative estimate of drug-likeness (QED) is 0.830. The van der Waals surface area contributed by atoms with Gasteiger partial charge in [-0.1, -0.05) is 18.5 Å². The number of anilines is 1. The van der Waals surface area contributed by atoms with Gasteiger partial charge in [0.25, 0.3) is 0 Å². The second-order valence-electron chi connectivity index (χ2n) is 3.65. The molecular weight excluding hydrogens is 239 g/mol. The molecule has 0 amide bonds. The van der Waals surface area contributed by atoms with Crippen molar-refractivity contribution in [2.75, 3.05) is 5.32 Å². The predicted molar refractivity (Wildman–Crippen MR) is 59.8 cm³/mol. The number of halogens is 4. The Bertz CT molecular complexity index is 363. The molecule has 1 nitrogen and oxygen atoms in total. The predicted octanol–water partition coefficient (Wildman–Crippen LogP) is 4.57. The smallest absolute Gasteiger partial charge is 0.383 e. The molecule has 0 aliphatic rings. The Morgan fingerprint density at radius 2 is 2.00 bits per heavy atom. The Balaban J connectivity index is 2.99. The van der Waals surface area contributed by atoms with Crippen LogP contribution in [0.3, 0.4) is 0 Å². The van der Waals surface area contributed by atoms with Crippen molar-refractivity contribution >= 4 is 17.3 Å². The van der Waals surface area contributed by atoms with E-state index in [-0.39, 0.29) is 11.1 Å². The van der Waals surface area contributed by atoms with Crippen LogP contribution in [-0.4, -0.2) is 6.04 Å². The van der Waals surface area contributed by atoms with Gasteiger partial charge in [-0.05, 0) is 31.5 Å². The molecule has 5 heteroatoms. The Morgan fingerprint density at radius 1 is 1.38 bits per heavy atom. The lowest BCUT2D eigenvalue weighted by Gasteiger charge is -2.15. The van der Waals surface area contributed by atoms with Gasteiger partial charge in [0, 0.05) is 11.7 Å². The van der Waals surface area contributed by atoms with Crippen molar-refractivity contribution in [1.82, 2.24) is 0 Å². The minimum Gasteiger partial charge on any atom is -0.383 e. The third kappa shape index (κ3) is 3.30. The number of rotatable bonds is 3. The Labute approximate surface area is 97.6 Å². The van der Waals surface area contributed by atoms with E-state index >= 15 is 0 Å². The molecule has 1 aromatic carbocycles. The van der Waals surface area contributed by atoms with Crippen LogP contribution in [0.25, 0.3) is 0 Å². The van der Waals surface area contributed by atoms with Crippen molar-refractivity contribution in [1.29, 1.82) is 0 Å². The van der Waals surface area contributed by atoms with E-state index in [0.29, 0.717) is 5.69 Å². The van der Waals surface area contributed by atoms with Gasteiger partial charge in [0.15, 0.2) is 0 Å². The van der Waals surface area contributed by atoms with Crippen LogP contribution in [0.1, 0.15) is 25.8 Å². The van der Waals surface area contributed by atoms with Crippen LogP contribution in [0.2, 0.25) is 5.02 Å². The number of alkyl halides is 3. The van der Waals surface area contributed by atoms with Gasteiger partial charge in [0.05, 0.1) is 10.6 Å². The highest BCUT2D eigenvalue weighted by molar-refractivity contribution is 6.31. The third-order valence-electron chi connectivity index (χ3n) is 2.30. The van der Waals surface area contributed by atoms with E-state index in [1.807, 2.05) is 13.8 Å². The SMILES string of the molecule is CCC(C)Nc1ccc(Cl)c(C(F)(F)F)c1. The first-order chi connectivity index (χ1) is 7.34. The van der Waals surface area contributed by atoms with Crippen LogP contribution in [0.15, 0.2) is 18.2 Å². The van der Waals surface area contributed by atoms with Crippen LogP contribution in [0, 0.1) is 0 Å². The molecule has 0 spiro atoms. The molecule has 1 N–H and O–H groups in total. The lowest BCUT2D eigenvalue weighted by Crippen LogP contribution is -2.14. The van der Waals surface area contributed by atoms with Gasteiger partial charge < -0.3 is 5.32 Å². The van der Waals surface area contributed by atoms with Crippen LogP contribution in [0.5, 0.6) is 0 Å². The Morgan fingerprint density at radius 3 is 2.50 bits per heavy atom. The molecule has 0 saturated carbocycles. The molecule has 0 aliphatic heterocycles. The van der Waals surface area contributed by atoms with Crippen molar-refractivity contribution in [3.8, 4) is 0 Å². The molecule has 0 fully saturated rings. The fourth-order valence-corrected chi connectivity index (χ4v) is 1.44. The molecule has 0 aliphatic carbocycles. The van der Waals surface area contributed by atoms with E-state index in [4.69, 9.17) is 11.6 Å². The number of nitrogens with one attached hydrogen (secondary N) is 1. The van der Waals surface area contributed by atoms with Gasteiger partial charge in [-0.25, -0.2) is 0 Å². The van der Waals surface area contributed by atoms with Gasteiger partial charge in [0.1, 0.15) is 0 Å². The highest BCUT2D eigenvalue weighted by Crippen LogP contribution is 2.36. The van der Waals surface area contributed by atoms with Gasteiger partial charge in [-0.15, -0.1) is 0 Å². The molecule has 0 saturated heterocycles. The molecule has 1 rings (SSSR count). The maximum absolute atomic E-state index is 12.5. The lowest BCUT2D eigenvalue weighted by atomic mass is 10.1. The van der Waals surface area contributed by atoms with Crippen LogP contribution < -0.4 is 5.32 Å². The summed E-state index contributed by atoms with van der Waals surface area (Å²) in [7, 11) is 0. The largest absolute Gasteiger partial charge is 0.417 e. The molecular formula is C11H13ClF3N. The summed E-state index contributed by atoms with van der Waals surface area (Å²) in [5, 5.41) is 2.70. The third-order valence-corrected chi connectivity index (χ3v) is 2.63. The van der Waals surface area contributed by atoms with Crippen LogP contribution in [-0.2, 0) is 6.18 Å². The zero-order valence-corrected chi connectivity index (χ0v) is 9.78. The van der Waals surface area contributed by atoms with E-state index in [2.05, 4.69) is 5.32 Å². The van der Waals surface area contributed by atoms with E-state index in [9.17, 15) is 13.2 Å². The summed E-state index contributed by atoms with van der Waals surface area (Å²) in [5.74, 6) is 0. The summed E-state index contributed by atoms with van der Waals surface area (Å²) < 4.78 is 37.6. The monoisotopic (exact) mass is 251 g/mol. The average Bonchev–Trinajstić information content (AvgIpc) is 2.19. The Kier molecular flexibility index (Phi) is 4.08. The molecule has 0 heterocycles. The minimum atomic E-state index is -4.41. The highest BCUT2D eigenvalue weighted by atomic mass is 35.5. The number of hydrogen-bond acceptors (Lipinski definition) is 1.